The van der Waals surface area contributed by atoms with E-state index in [2.05, 4.69) is 5.32 Å². The smallest absolute Gasteiger partial charge is 0.242 e. The molecule has 1 N–H and O–H groups in total. The molecule has 1 atom stereocenters. The summed E-state index contributed by atoms with van der Waals surface area (Å²) in [5, 5.41) is 2.73. The van der Waals surface area contributed by atoms with Crippen LogP contribution in [0.15, 0.2) is 0 Å². The minimum atomic E-state index is -0.354. The molecule has 5 heteroatoms. The number of ether oxygens (including phenoxy) is 1. The fourth-order valence-electron chi connectivity index (χ4n) is 1.67. The molecule has 1 fully saturated rings. The van der Waals surface area contributed by atoms with Crippen molar-refractivity contribution >= 4 is 11.8 Å². The van der Waals surface area contributed by atoms with Gasteiger partial charge in [-0.05, 0) is 13.3 Å². The maximum Gasteiger partial charge on any atom is 0.242 e. The number of nitrogens with zero attached hydrogens (tertiary/aromatic N) is 1. The topological polar surface area (TPSA) is 58.6 Å². The second kappa shape index (κ2) is 6.48. The van der Waals surface area contributed by atoms with E-state index in [9.17, 15) is 9.59 Å². The van der Waals surface area contributed by atoms with E-state index in [4.69, 9.17) is 4.74 Å². The van der Waals surface area contributed by atoms with Crippen LogP contribution in [0.25, 0.3) is 0 Å². The van der Waals surface area contributed by atoms with E-state index in [-0.39, 0.29) is 17.9 Å². The Balaban J connectivity index is 2.32. The molecule has 1 unspecified atom stereocenters. The van der Waals surface area contributed by atoms with Crippen LogP contribution in [0.2, 0.25) is 0 Å². The van der Waals surface area contributed by atoms with Crippen molar-refractivity contribution in [2.24, 2.45) is 0 Å². The molecule has 0 aromatic rings. The van der Waals surface area contributed by atoms with Gasteiger partial charge in [-0.1, -0.05) is 6.92 Å². The average molecular weight is 228 g/mol. The Labute approximate surface area is 96.1 Å². The number of carbonyl (C=O) groups excluding carboxylic acids is 2. The molecule has 1 rings (SSSR count). The van der Waals surface area contributed by atoms with Gasteiger partial charge in [-0.15, -0.1) is 0 Å². The van der Waals surface area contributed by atoms with Crippen molar-refractivity contribution in [3.05, 3.63) is 0 Å². The largest absolute Gasteiger partial charge is 0.381 e. The molecule has 1 aliphatic heterocycles. The second-order valence-corrected chi connectivity index (χ2v) is 3.92. The van der Waals surface area contributed by atoms with Crippen LogP contribution in [0.1, 0.15) is 26.7 Å². The highest BCUT2D eigenvalue weighted by atomic mass is 16.5. The molecule has 1 aliphatic rings. The normalized spacial score (nSPS) is 20.8. The first-order chi connectivity index (χ1) is 7.66. The molecule has 5 nitrogen and oxygen atoms in total. The first kappa shape index (κ1) is 13.0. The highest BCUT2D eigenvalue weighted by molar-refractivity contribution is 5.88. The number of hydrogen-bond donors (Lipinski definition) is 1. The maximum absolute atomic E-state index is 11.8. The van der Waals surface area contributed by atoms with E-state index >= 15 is 0 Å². The lowest BCUT2D eigenvalue weighted by molar-refractivity contribution is -0.143. The summed E-state index contributed by atoms with van der Waals surface area (Å²) in [6.07, 6.45) is 1.31. The third kappa shape index (κ3) is 3.48. The predicted molar refractivity (Wildman–Crippen MR) is 59.9 cm³/mol. The number of piperazine rings is 1. The lowest BCUT2D eigenvalue weighted by Crippen LogP contribution is -2.55. The van der Waals surface area contributed by atoms with E-state index in [1.807, 2.05) is 6.92 Å². The molecule has 92 valence electrons. The van der Waals surface area contributed by atoms with Gasteiger partial charge >= 0.3 is 0 Å². The van der Waals surface area contributed by atoms with Crippen LogP contribution in [-0.4, -0.2) is 49.1 Å². The van der Waals surface area contributed by atoms with E-state index < -0.39 is 0 Å². The Kier molecular flexibility index (Phi) is 5.25. The minimum absolute atomic E-state index is 0.00143. The number of carbonyl (C=O) groups is 2. The summed E-state index contributed by atoms with van der Waals surface area (Å²) < 4.78 is 5.26. The van der Waals surface area contributed by atoms with Gasteiger partial charge in [-0.25, -0.2) is 0 Å². The molecule has 0 aromatic heterocycles. The third-order valence-electron chi connectivity index (χ3n) is 2.63. The molecule has 1 heterocycles. The lowest BCUT2D eigenvalue weighted by Gasteiger charge is -2.32. The first-order valence-corrected chi connectivity index (χ1v) is 5.81. The van der Waals surface area contributed by atoms with E-state index in [0.29, 0.717) is 32.7 Å². The van der Waals surface area contributed by atoms with Gasteiger partial charge in [-0.3, -0.25) is 9.59 Å². The molecule has 0 bridgehead atoms. The summed E-state index contributed by atoms with van der Waals surface area (Å²) in [6.45, 7) is 6.04. The van der Waals surface area contributed by atoms with Gasteiger partial charge in [-0.2, -0.15) is 0 Å². The summed E-state index contributed by atoms with van der Waals surface area (Å²) in [6, 6.07) is -0.354. The highest BCUT2D eigenvalue weighted by Crippen LogP contribution is 2.06. The molecular formula is C11H20N2O3. The summed E-state index contributed by atoms with van der Waals surface area (Å²) in [7, 11) is 0. The van der Waals surface area contributed by atoms with Crippen molar-refractivity contribution in [2.45, 2.75) is 32.7 Å². The zero-order chi connectivity index (χ0) is 12.0. The Hall–Kier alpha value is -1.10. The van der Waals surface area contributed by atoms with Crippen LogP contribution in [0.3, 0.4) is 0 Å². The minimum Gasteiger partial charge on any atom is -0.381 e. The third-order valence-corrected chi connectivity index (χ3v) is 2.63. The Morgan fingerprint density at radius 1 is 1.56 bits per heavy atom. The highest BCUT2D eigenvalue weighted by Gasteiger charge is 2.28. The van der Waals surface area contributed by atoms with Crippen molar-refractivity contribution in [3.8, 4) is 0 Å². The van der Waals surface area contributed by atoms with Gasteiger partial charge in [0.05, 0.1) is 13.0 Å². The fourth-order valence-corrected chi connectivity index (χ4v) is 1.67. The number of amides is 2. The van der Waals surface area contributed by atoms with Crippen LogP contribution < -0.4 is 5.32 Å². The molecule has 0 radical (unpaired) electrons. The zero-order valence-electron chi connectivity index (χ0n) is 9.99. The summed E-state index contributed by atoms with van der Waals surface area (Å²) in [5.41, 5.74) is 0. The molecule has 2 amide bonds. The predicted octanol–water partition coefficient (Wildman–Crippen LogP) is 0.150. The SMILES string of the molecule is CCCOCCC(=O)N1CCNC(=O)C1C. The van der Waals surface area contributed by atoms with Crippen LogP contribution in [0, 0.1) is 0 Å². The summed E-state index contributed by atoms with van der Waals surface area (Å²) in [5.74, 6) is -0.0764. The van der Waals surface area contributed by atoms with Crippen molar-refractivity contribution < 1.29 is 14.3 Å². The molecule has 1 saturated heterocycles. The monoisotopic (exact) mass is 228 g/mol. The van der Waals surface area contributed by atoms with Crippen LogP contribution in [0.4, 0.5) is 0 Å². The zero-order valence-corrected chi connectivity index (χ0v) is 9.99. The van der Waals surface area contributed by atoms with Gasteiger partial charge in [0.2, 0.25) is 11.8 Å². The molecule has 0 saturated carbocycles. The Bertz CT molecular complexity index is 256. The number of rotatable bonds is 5. The van der Waals surface area contributed by atoms with Crippen LogP contribution in [-0.2, 0) is 14.3 Å². The maximum atomic E-state index is 11.8. The van der Waals surface area contributed by atoms with Gasteiger partial charge < -0.3 is 15.0 Å². The number of hydrogen-bond acceptors (Lipinski definition) is 3. The van der Waals surface area contributed by atoms with E-state index in [0.717, 1.165) is 6.42 Å². The summed E-state index contributed by atoms with van der Waals surface area (Å²) >= 11 is 0. The quantitative estimate of drug-likeness (QED) is 0.681. The first-order valence-electron chi connectivity index (χ1n) is 5.81. The molecule has 0 aliphatic carbocycles. The van der Waals surface area contributed by atoms with Gasteiger partial charge in [0.25, 0.3) is 0 Å². The second-order valence-electron chi connectivity index (χ2n) is 3.92. The Morgan fingerprint density at radius 3 is 3.00 bits per heavy atom. The van der Waals surface area contributed by atoms with Gasteiger partial charge in [0.15, 0.2) is 0 Å². The van der Waals surface area contributed by atoms with Crippen molar-refractivity contribution in [1.29, 1.82) is 0 Å². The van der Waals surface area contributed by atoms with Crippen molar-refractivity contribution in [1.82, 2.24) is 10.2 Å². The van der Waals surface area contributed by atoms with Crippen molar-refractivity contribution in [3.63, 3.8) is 0 Å². The number of nitrogens with one attached hydrogen (secondary N) is 1. The van der Waals surface area contributed by atoms with E-state index in [1.165, 1.54) is 0 Å². The molecule has 16 heavy (non-hydrogen) atoms. The van der Waals surface area contributed by atoms with Gasteiger partial charge in [0, 0.05) is 19.7 Å². The van der Waals surface area contributed by atoms with Crippen LogP contribution >= 0.6 is 0 Å². The lowest BCUT2D eigenvalue weighted by atomic mass is 10.2. The fraction of sp³-hybridized carbons (Fsp3) is 0.818. The molecule has 0 spiro atoms. The van der Waals surface area contributed by atoms with Gasteiger partial charge in [0.1, 0.15) is 6.04 Å². The van der Waals surface area contributed by atoms with E-state index in [1.54, 1.807) is 11.8 Å². The Morgan fingerprint density at radius 2 is 2.31 bits per heavy atom. The molecular weight excluding hydrogens is 208 g/mol. The van der Waals surface area contributed by atoms with Crippen molar-refractivity contribution in [2.75, 3.05) is 26.3 Å². The average Bonchev–Trinajstić information content (AvgIpc) is 2.28. The van der Waals surface area contributed by atoms with Crippen LogP contribution in [0.5, 0.6) is 0 Å². The summed E-state index contributed by atoms with van der Waals surface area (Å²) in [4.78, 5) is 24.8. The molecule has 0 aromatic carbocycles. The standard InChI is InChI=1S/C11H20N2O3/c1-3-7-16-8-4-10(14)13-6-5-12-11(15)9(13)2/h9H,3-8H2,1-2H3,(H,12,15).